The molecule has 0 amide bonds. The summed E-state index contributed by atoms with van der Waals surface area (Å²) < 4.78 is 8.12. The topological polar surface area (TPSA) is 47.0 Å². The van der Waals surface area contributed by atoms with Gasteiger partial charge >= 0.3 is 0 Å². The Morgan fingerprint density at radius 1 is 1.14 bits per heavy atom. The molecule has 3 rings (SSSR count). The van der Waals surface area contributed by atoms with Gasteiger partial charge in [-0.15, -0.1) is 0 Å². The van der Waals surface area contributed by atoms with Gasteiger partial charge in [-0.2, -0.15) is 0 Å². The van der Waals surface area contributed by atoms with Gasteiger partial charge in [0.1, 0.15) is 11.4 Å². The van der Waals surface area contributed by atoms with E-state index in [1.165, 1.54) is 0 Å². The first-order valence-corrected chi connectivity index (χ1v) is 7.51. The number of ether oxygens (including phenoxy) is 1. The molecule has 0 aliphatic heterocycles. The number of rotatable bonds is 3. The average Bonchev–Trinajstić information content (AvgIpc) is 2.80. The zero-order valence-corrected chi connectivity index (χ0v) is 13.3. The zero-order valence-electron chi connectivity index (χ0n) is 11.8. The lowest BCUT2D eigenvalue weighted by Gasteiger charge is -2.11. The molecule has 2 heterocycles. The van der Waals surface area contributed by atoms with Crippen LogP contribution in [0.2, 0.25) is 0 Å². The Bertz CT molecular complexity index is 832. The summed E-state index contributed by atoms with van der Waals surface area (Å²) in [6.07, 6.45) is 0.126. The van der Waals surface area contributed by atoms with Crippen molar-refractivity contribution in [2.24, 2.45) is 0 Å². The normalized spacial score (nSPS) is 11.2. The third kappa shape index (κ3) is 2.74. The summed E-state index contributed by atoms with van der Waals surface area (Å²) in [6.45, 7) is 3.96. The second kappa shape index (κ2) is 5.41. The van der Waals surface area contributed by atoms with E-state index in [2.05, 4.69) is 20.9 Å². The fraction of sp³-hybridized carbons (Fsp3) is 0.188. The highest BCUT2D eigenvalue weighted by molar-refractivity contribution is 9.10. The summed E-state index contributed by atoms with van der Waals surface area (Å²) in [5.41, 5.74) is 1.50. The minimum atomic E-state index is -0.0747. The van der Waals surface area contributed by atoms with Crippen molar-refractivity contribution < 1.29 is 4.74 Å². The Balaban J connectivity index is 2.11. The first kappa shape index (κ1) is 13.9. The molecule has 0 saturated carbocycles. The summed E-state index contributed by atoms with van der Waals surface area (Å²) in [6, 6.07) is 12.8. The minimum Gasteiger partial charge on any atom is -0.491 e. The van der Waals surface area contributed by atoms with Crippen LogP contribution in [0.3, 0.4) is 0 Å². The smallest absolute Gasteiger partial charge is 0.256 e. The van der Waals surface area contributed by atoms with E-state index in [9.17, 15) is 4.79 Å². The maximum absolute atomic E-state index is 12.2. The standard InChI is InChI=1S/C16H15BrN2O2/c1-10(2)21-13-6-4-12(5-7-13)19-15(20)8-3-11-9-14(17)18-16(11)19/h3-10,18H,1-2H3. The molecule has 3 aromatic rings. The molecule has 1 N–H and O–H groups in total. The number of fused-ring (bicyclic) bond motifs is 1. The SMILES string of the molecule is CC(C)Oc1ccc(-n2c(=O)ccc3cc(Br)[nH]c32)cc1. The predicted molar refractivity (Wildman–Crippen MR) is 87.4 cm³/mol. The Kier molecular flexibility index (Phi) is 3.59. The van der Waals surface area contributed by atoms with E-state index in [4.69, 9.17) is 4.74 Å². The number of aromatic amines is 1. The van der Waals surface area contributed by atoms with Gasteiger partial charge in [0.15, 0.2) is 0 Å². The number of hydrogen-bond donors (Lipinski definition) is 1. The summed E-state index contributed by atoms with van der Waals surface area (Å²) in [7, 11) is 0. The second-order valence-electron chi connectivity index (χ2n) is 5.09. The number of pyridine rings is 1. The minimum absolute atomic E-state index is 0.0747. The molecule has 0 fully saturated rings. The zero-order chi connectivity index (χ0) is 15.0. The predicted octanol–water partition coefficient (Wildman–Crippen LogP) is 3.87. The van der Waals surface area contributed by atoms with Crippen LogP contribution in [0.1, 0.15) is 13.8 Å². The summed E-state index contributed by atoms with van der Waals surface area (Å²) in [4.78, 5) is 15.4. The average molecular weight is 347 g/mol. The fourth-order valence-corrected chi connectivity index (χ4v) is 2.72. The van der Waals surface area contributed by atoms with Crippen LogP contribution < -0.4 is 10.3 Å². The van der Waals surface area contributed by atoms with Gasteiger partial charge in [0.25, 0.3) is 5.56 Å². The molecule has 4 nitrogen and oxygen atoms in total. The van der Waals surface area contributed by atoms with Crippen LogP contribution in [0.15, 0.2) is 51.9 Å². The molecular formula is C16H15BrN2O2. The monoisotopic (exact) mass is 346 g/mol. The van der Waals surface area contributed by atoms with Crippen molar-refractivity contribution in [2.45, 2.75) is 20.0 Å². The fourth-order valence-electron chi connectivity index (χ4n) is 2.29. The third-order valence-electron chi connectivity index (χ3n) is 3.11. The highest BCUT2D eigenvalue weighted by Crippen LogP contribution is 2.22. The van der Waals surface area contributed by atoms with E-state index in [1.807, 2.05) is 50.2 Å². The first-order chi connectivity index (χ1) is 10.0. The van der Waals surface area contributed by atoms with Crippen LogP contribution in [-0.2, 0) is 0 Å². The molecular weight excluding hydrogens is 332 g/mol. The number of nitrogens with one attached hydrogen (secondary N) is 1. The van der Waals surface area contributed by atoms with Gasteiger partial charge in [-0.05, 0) is 66.2 Å². The largest absolute Gasteiger partial charge is 0.491 e. The van der Waals surface area contributed by atoms with E-state index in [0.717, 1.165) is 27.1 Å². The van der Waals surface area contributed by atoms with Crippen molar-refractivity contribution in [3.63, 3.8) is 0 Å². The van der Waals surface area contributed by atoms with Gasteiger partial charge < -0.3 is 9.72 Å². The molecule has 1 aromatic carbocycles. The lowest BCUT2D eigenvalue weighted by atomic mass is 10.2. The van der Waals surface area contributed by atoms with Crippen LogP contribution >= 0.6 is 15.9 Å². The molecule has 0 atom stereocenters. The molecule has 0 saturated heterocycles. The molecule has 0 radical (unpaired) electrons. The van der Waals surface area contributed by atoms with Gasteiger partial charge in [0.2, 0.25) is 0 Å². The van der Waals surface area contributed by atoms with Crippen molar-refractivity contribution in [1.82, 2.24) is 9.55 Å². The summed E-state index contributed by atoms with van der Waals surface area (Å²) in [5, 5.41) is 0.976. The Hall–Kier alpha value is -2.01. The first-order valence-electron chi connectivity index (χ1n) is 6.72. The lowest BCUT2D eigenvalue weighted by molar-refractivity contribution is 0.242. The van der Waals surface area contributed by atoms with Gasteiger partial charge in [-0.1, -0.05) is 0 Å². The summed E-state index contributed by atoms with van der Waals surface area (Å²) >= 11 is 3.40. The quantitative estimate of drug-likeness (QED) is 0.782. The maximum atomic E-state index is 12.2. The van der Waals surface area contributed by atoms with E-state index < -0.39 is 0 Å². The highest BCUT2D eigenvalue weighted by Gasteiger charge is 2.08. The molecule has 21 heavy (non-hydrogen) atoms. The number of nitrogens with zero attached hydrogens (tertiary/aromatic N) is 1. The van der Waals surface area contributed by atoms with Crippen molar-refractivity contribution in [1.29, 1.82) is 0 Å². The Labute approximate surface area is 130 Å². The van der Waals surface area contributed by atoms with Gasteiger partial charge in [-0.3, -0.25) is 9.36 Å². The van der Waals surface area contributed by atoms with E-state index in [-0.39, 0.29) is 11.7 Å². The lowest BCUT2D eigenvalue weighted by Crippen LogP contribution is -2.17. The van der Waals surface area contributed by atoms with Crippen molar-refractivity contribution >= 4 is 27.0 Å². The summed E-state index contributed by atoms with van der Waals surface area (Å²) in [5.74, 6) is 0.793. The third-order valence-corrected chi connectivity index (χ3v) is 3.54. The van der Waals surface area contributed by atoms with Crippen LogP contribution in [0.25, 0.3) is 16.7 Å². The second-order valence-corrected chi connectivity index (χ2v) is 5.94. The molecule has 5 heteroatoms. The number of H-pyrrole nitrogens is 1. The van der Waals surface area contributed by atoms with Crippen LogP contribution in [0.5, 0.6) is 5.75 Å². The number of hydrogen-bond acceptors (Lipinski definition) is 2. The number of benzene rings is 1. The van der Waals surface area contributed by atoms with Crippen LogP contribution in [0, 0.1) is 0 Å². The molecule has 108 valence electrons. The molecule has 2 aromatic heterocycles. The highest BCUT2D eigenvalue weighted by atomic mass is 79.9. The van der Waals surface area contributed by atoms with Crippen LogP contribution in [-0.4, -0.2) is 15.7 Å². The van der Waals surface area contributed by atoms with Gasteiger partial charge in [-0.25, -0.2) is 0 Å². The van der Waals surface area contributed by atoms with E-state index in [0.29, 0.717) is 0 Å². The van der Waals surface area contributed by atoms with Gasteiger partial charge in [0.05, 0.1) is 16.4 Å². The molecule has 0 aliphatic rings. The number of halogens is 1. The molecule has 0 bridgehead atoms. The Morgan fingerprint density at radius 2 is 1.86 bits per heavy atom. The Morgan fingerprint density at radius 3 is 2.52 bits per heavy atom. The molecule has 0 unspecified atom stereocenters. The van der Waals surface area contributed by atoms with E-state index >= 15 is 0 Å². The van der Waals surface area contributed by atoms with Crippen molar-refractivity contribution in [3.05, 3.63) is 57.4 Å². The maximum Gasteiger partial charge on any atom is 0.256 e. The molecule has 0 spiro atoms. The molecule has 0 aliphatic carbocycles. The number of aromatic nitrogens is 2. The van der Waals surface area contributed by atoms with Crippen molar-refractivity contribution in [2.75, 3.05) is 0 Å². The van der Waals surface area contributed by atoms with Crippen molar-refractivity contribution in [3.8, 4) is 11.4 Å². The van der Waals surface area contributed by atoms with E-state index in [1.54, 1.807) is 10.6 Å². The van der Waals surface area contributed by atoms with Gasteiger partial charge in [0, 0.05) is 11.5 Å². The van der Waals surface area contributed by atoms with Crippen LogP contribution in [0.4, 0.5) is 0 Å².